The minimum absolute atomic E-state index is 0.498. The van der Waals surface area contributed by atoms with Gasteiger partial charge in [0.1, 0.15) is 23.8 Å². The van der Waals surface area contributed by atoms with Gasteiger partial charge in [0, 0.05) is 12.6 Å². The molecular weight excluding hydrogens is 218 g/mol. The standard InChI is InChI=1S/C10H15N7/c1-6-9(11)14-7(2)15-10(6)12-4-8-16-13-5-17(8)3/h5H,4H2,1-3H3,(H3,11,12,14,15). The fourth-order valence-corrected chi connectivity index (χ4v) is 1.45. The predicted molar refractivity (Wildman–Crippen MR) is 64.2 cm³/mol. The quantitative estimate of drug-likeness (QED) is 0.797. The van der Waals surface area contributed by atoms with E-state index >= 15 is 0 Å². The molecule has 17 heavy (non-hydrogen) atoms. The number of nitrogens with zero attached hydrogens (tertiary/aromatic N) is 5. The average Bonchev–Trinajstić information content (AvgIpc) is 2.67. The Morgan fingerprint density at radius 3 is 2.76 bits per heavy atom. The lowest BCUT2D eigenvalue weighted by Gasteiger charge is -2.10. The van der Waals surface area contributed by atoms with Gasteiger partial charge in [0.25, 0.3) is 0 Å². The van der Waals surface area contributed by atoms with Gasteiger partial charge in [-0.25, -0.2) is 9.97 Å². The van der Waals surface area contributed by atoms with Crippen LogP contribution in [0.25, 0.3) is 0 Å². The number of nitrogens with two attached hydrogens (primary N) is 1. The summed E-state index contributed by atoms with van der Waals surface area (Å²) in [6, 6.07) is 0. The van der Waals surface area contributed by atoms with Crippen molar-refractivity contribution in [3.8, 4) is 0 Å². The molecule has 0 bridgehead atoms. The van der Waals surface area contributed by atoms with Crippen molar-refractivity contribution >= 4 is 11.6 Å². The van der Waals surface area contributed by atoms with E-state index in [-0.39, 0.29) is 0 Å². The van der Waals surface area contributed by atoms with Gasteiger partial charge in [-0.05, 0) is 13.8 Å². The molecule has 3 N–H and O–H groups in total. The first-order valence-corrected chi connectivity index (χ1v) is 5.25. The van der Waals surface area contributed by atoms with E-state index in [9.17, 15) is 0 Å². The SMILES string of the molecule is Cc1nc(N)c(C)c(NCc2nncn2C)n1. The summed E-state index contributed by atoms with van der Waals surface area (Å²) in [5.41, 5.74) is 6.62. The van der Waals surface area contributed by atoms with Gasteiger partial charge in [0.15, 0.2) is 5.82 Å². The molecule has 2 heterocycles. The molecule has 0 aliphatic heterocycles. The van der Waals surface area contributed by atoms with Gasteiger partial charge in [-0.2, -0.15) is 0 Å². The number of hydrogen-bond donors (Lipinski definition) is 2. The van der Waals surface area contributed by atoms with Crippen LogP contribution < -0.4 is 11.1 Å². The first kappa shape index (κ1) is 11.3. The summed E-state index contributed by atoms with van der Waals surface area (Å²) in [7, 11) is 1.89. The lowest BCUT2D eigenvalue weighted by Crippen LogP contribution is -2.10. The number of aryl methyl sites for hydroxylation is 2. The van der Waals surface area contributed by atoms with Crippen molar-refractivity contribution < 1.29 is 0 Å². The lowest BCUT2D eigenvalue weighted by atomic mass is 10.3. The van der Waals surface area contributed by atoms with Gasteiger partial charge in [-0.15, -0.1) is 10.2 Å². The highest BCUT2D eigenvalue weighted by Crippen LogP contribution is 2.17. The maximum absolute atomic E-state index is 5.78. The van der Waals surface area contributed by atoms with Crippen LogP contribution in [0.3, 0.4) is 0 Å². The molecule has 7 nitrogen and oxygen atoms in total. The van der Waals surface area contributed by atoms with Crippen LogP contribution >= 0.6 is 0 Å². The third-order valence-electron chi connectivity index (χ3n) is 2.51. The summed E-state index contributed by atoms with van der Waals surface area (Å²) in [5.74, 6) is 2.71. The Balaban J connectivity index is 2.17. The molecule has 2 aromatic heterocycles. The van der Waals surface area contributed by atoms with Crippen molar-refractivity contribution in [3.63, 3.8) is 0 Å². The maximum atomic E-state index is 5.78. The molecule has 0 atom stereocenters. The first-order valence-electron chi connectivity index (χ1n) is 5.25. The van der Waals surface area contributed by atoms with Crippen molar-refractivity contribution in [3.05, 3.63) is 23.5 Å². The first-order chi connectivity index (χ1) is 8.08. The molecular formula is C10H15N7. The lowest BCUT2D eigenvalue weighted by molar-refractivity contribution is 0.808. The molecule has 0 unspecified atom stereocenters. The van der Waals surface area contributed by atoms with Gasteiger partial charge >= 0.3 is 0 Å². The van der Waals surface area contributed by atoms with E-state index in [0.717, 1.165) is 17.2 Å². The molecule has 90 valence electrons. The zero-order valence-corrected chi connectivity index (χ0v) is 10.1. The minimum Gasteiger partial charge on any atom is -0.383 e. The second-order valence-electron chi connectivity index (χ2n) is 3.84. The van der Waals surface area contributed by atoms with Gasteiger partial charge in [-0.1, -0.05) is 0 Å². The van der Waals surface area contributed by atoms with E-state index in [0.29, 0.717) is 18.2 Å². The maximum Gasteiger partial charge on any atom is 0.151 e. The third-order valence-corrected chi connectivity index (χ3v) is 2.51. The number of nitrogens with one attached hydrogen (secondary N) is 1. The zero-order valence-electron chi connectivity index (χ0n) is 10.1. The zero-order chi connectivity index (χ0) is 12.4. The molecule has 7 heteroatoms. The Morgan fingerprint density at radius 1 is 1.35 bits per heavy atom. The summed E-state index contributed by atoms with van der Waals surface area (Å²) in [6.07, 6.45) is 1.66. The van der Waals surface area contributed by atoms with Crippen LogP contribution in [0.15, 0.2) is 6.33 Å². The van der Waals surface area contributed by atoms with Gasteiger partial charge in [0.2, 0.25) is 0 Å². The van der Waals surface area contributed by atoms with Crippen molar-refractivity contribution in [1.29, 1.82) is 0 Å². The molecule has 0 fully saturated rings. The van der Waals surface area contributed by atoms with E-state index in [1.165, 1.54) is 0 Å². The Bertz CT molecular complexity index is 531. The molecule has 2 rings (SSSR count). The predicted octanol–water partition coefficient (Wildman–Crippen LogP) is 0.416. The summed E-state index contributed by atoms with van der Waals surface area (Å²) < 4.78 is 1.85. The number of hydrogen-bond acceptors (Lipinski definition) is 6. The molecule has 0 amide bonds. The van der Waals surface area contributed by atoms with Gasteiger partial charge in [0.05, 0.1) is 6.54 Å². The molecule has 0 aliphatic carbocycles. The van der Waals surface area contributed by atoms with Crippen LogP contribution in [0.4, 0.5) is 11.6 Å². The van der Waals surface area contributed by atoms with Crippen molar-refractivity contribution in [1.82, 2.24) is 24.7 Å². The highest BCUT2D eigenvalue weighted by molar-refractivity contribution is 5.54. The molecule has 0 spiro atoms. The highest BCUT2D eigenvalue weighted by Gasteiger charge is 2.07. The molecule has 0 aliphatic rings. The second-order valence-corrected chi connectivity index (χ2v) is 3.84. The van der Waals surface area contributed by atoms with Crippen molar-refractivity contribution in [2.45, 2.75) is 20.4 Å². The fourth-order valence-electron chi connectivity index (χ4n) is 1.45. The Kier molecular flexibility index (Phi) is 2.90. The largest absolute Gasteiger partial charge is 0.383 e. The monoisotopic (exact) mass is 233 g/mol. The van der Waals surface area contributed by atoms with E-state index in [4.69, 9.17) is 5.73 Å². The number of anilines is 2. The van der Waals surface area contributed by atoms with Crippen LogP contribution in [-0.2, 0) is 13.6 Å². The smallest absolute Gasteiger partial charge is 0.151 e. The Hall–Kier alpha value is -2.18. The van der Waals surface area contributed by atoms with E-state index in [2.05, 4.69) is 25.5 Å². The Morgan fingerprint density at radius 2 is 2.12 bits per heavy atom. The second kappa shape index (κ2) is 4.36. The van der Waals surface area contributed by atoms with Gasteiger partial charge in [-0.3, -0.25) is 0 Å². The normalized spacial score (nSPS) is 10.5. The van der Waals surface area contributed by atoms with Crippen LogP contribution in [-0.4, -0.2) is 24.7 Å². The highest BCUT2D eigenvalue weighted by atomic mass is 15.3. The van der Waals surface area contributed by atoms with E-state index < -0.39 is 0 Å². The number of aromatic nitrogens is 5. The van der Waals surface area contributed by atoms with E-state index in [1.807, 2.05) is 25.5 Å². The topological polar surface area (TPSA) is 94.5 Å². The molecule has 0 aromatic carbocycles. The van der Waals surface area contributed by atoms with Crippen LogP contribution in [0.1, 0.15) is 17.2 Å². The number of nitrogen functional groups attached to an aromatic ring is 1. The molecule has 0 saturated heterocycles. The Labute approximate surface area is 99.1 Å². The van der Waals surface area contributed by atoms with Crippen molar-refractivity contribution in [2.24, 2.45) is 7.05 Å². The molecule has 0 radical (unpaired) electrons. The van der Waals surface area contributed by atoms with Crippen LogP contribution in [0, 0.1) is 13.8 Å². The van der Waals surface area contributed by atoms with Gasteiger partial charge < -0.3 is 15.6 Å². The molecule has 0 saturated carbocycles. The number of rotatable bonds is 3. The fraction of sp³-hybridized carbons (Fsp3) is 0.400. The van der Waals surface area contributed by atoms with Crippen molar-refractivity contribution in [2.75, 3.05) is 11.1 Å². The van der Waals surface area contributed by atoms with Crippen LogP contribution in [0.2, 0.25) is 0 Å². The average molecular weight is 233 g/mol. The minimum atomic E-state index is 0.498. The molecule has 2 aromatic rings. The van der Waals surface area contributed by atoms with Crippen LogP contribution in [0.5, 0.6) is 0 Å². The van der Waals surface area contributed by atoms with E-state index in [1.54, 1.807) is 6.33 Å². The summed E-state index contributed by atoms with van der Waals surface area (Å²) in [6.45, 7) is 4.24. The summed E-state index contributed by atoms with van der Waals surface area (Å²) in [5, 5.41) is 11.0. The summed E-state index contributed by atoms with van der Waals surface area (Å²) >= 11 is 0. The third kappa shape index (κ3) is 2.32. The summed E-state index contributed by atoms with van der Waals surface area (Å²) in [4.78, 5) is 8.39.